The molecular weight excluding hydrogens is 329 g/mol. The maximum absolute atomic E-state index is 12.8. The third-order valence-electron chi connectivity index (χ3n) is 5.91. The van der Waals surface area contributed by atoms with Gasteiger partial charge < -0.3 is 9.71 Å². The van der Waals surface area contributed by atoms with E-state index in [1.54, 1.807) is 4.90 Å². The van der Waals surface area contributed by atoms with Gasteiger partial charge in [0.25, 0.3) is 5.91 Å². The zero-order valence-corrected chi connectivity index (χ0v) is 14.9. The predicted octanol–water partition coefficient (Wildman–Crippen LogP) is 0.956. The summed E-state index contributed by atoms with van der Waals surface area (Å²) in [6.07, 6.45) is 1.67. The summed E-state index contributed by atoms with van der Waals surface area (Å²) < 4.78 is 0. The Kier molecular flexibility index (Phi) is 4.35. The fourth-order valence-corrected chi connectivity index (χ4v) is 4.50. The lowest BCUT2D eigenvalue weighted by atomic mass is 9.80. The number of nitrogens with one attached hydrogen (secondary N) is 1. The Hall–Kier alpha value is -2.15. The smallest absolute Gasteiger partial charge is 0.255 e. The zero-order chi connectivity index (χ0) is 18.4. The van der Waals surface area contributed by atoms with E-state index in [9.17, 15) is 14.4 Å². The van der Waals surface area contributed by atoms with Crippen molar-refractivity contribution in [3.8, 4) is 0 Å². The minimum absolute atomic E-state index is 0.120. The normalized spacial score (nSPS) is 29.7. The maximum Gasteiger partial charge on any atom is 0.255 e. The van der Waals surface area contributed by atoms with E-state index in [2.05, 4.69) is 18.3 Å². The highest BCUT2D eigenvalue weighted by Crippen LogP contribution is 2.35. The number of hydrogen-bond acceptors (Lipinski definition) is 4. The standard InChI is InChI=1S/C19H22BN3O3/c1-11-9-22(20)7-6-14(11)12-2-3-15-13(8-12)10-23(19(15)26)16-4-5-17(24)21-18(16)25/h2-3,8,11,14,16H,4-7,9-10H2,1H3,(H,21,24,25). The molecule has 0 spiro atoms. The summed E-state index contributed by atoms with van der Waals surface area (Å²) in [7, 11) is 5.92. The molecule has 2 radical (unpaired) electrons. The lowest BCUT2D eigenvalue weighted by molar-refractivity contribution is -0.136. The number of fused-ring (bicyclic) bond motifs is 1. The van der Waals surface area contributed by atoms with Gasteiger partial charge in [0.05, 0.1) is 0 Å². The number of hydrogen-bond donors (Lipinski definition) is 1. The van der Waals surface area contributed by atoms with Crippen LogP contribution in [0.2, 0.25) is 0 Å². The molecule has 1 aromatic carbocycles. The summed E-state index contributed by atoms with van der Waals surface area (Å²) in [5, 5.41) is 2.34. The largest absolute Gasteiger partial charge is 0.353 e. The quantitative estimate of drug-likeness (QED) is 0.637. The van der Waals surface area contributed by atoms with Gasteiger partial charge in [-0.1, -0.05) is 19.1 Å². The van der Waals surface area contributed by atoms with Gasteiger partial charge in [-0.05, 0) is 55.0 Å². The van der Waals surface area contributed by atoms with E-state index in [1.807, 2.05) is 16.9 Å². The van der Waals surface area contributed by atoms with E-state index in [0.29, 0.717) is 30.4 Å². The van der Waals surface area contributed by atoms with Crippen molar-refractivity contribution >= 4 is 25.7 Å². The molecule has 1 aromatic rings. The zero-order valence-electron chi connectivity index (χ0n) is 14.9. The van der Waals surface area contributed by atoms with Crippen molar-refractivity contribution in [2.24, 2.45) is 5.92 Å². The molecule has 0 bridgehead atoms. The number of rotatable bonds is 2. The second-order valence-electron chi connectivity index (χ2n) is 7.68. The molecule has 2 fully saturated rings. The maximum atomic E-state index is 12.8. The van der Waals surface area contributed by atoms with Crippen LogP contribution in [0.1, 0.15) is 53.6 Å². The summed E-state index contributed by atoms with van der Waals surface area (Å²) in [5.74, 6) is 0.130. The van der Waals surface area contributed by atoms with Crippen molar-refractivity contribution in [1.29, 1.82) is 0 Å². The van der Waals surface area contributed by atoms with Gasteiger partial charge in [0.2, 0.25) is 11.8 Å². The summed E-state index contributed by atoms with van der Waals surface area (Å²) >= 11 is 0. The molecule has 3 amide bonds. The predicted molar refractivity (Wildman–Crippen MR) is 96.3 cm³/mol. The fourth-order valence-electron chi connectivity index (χ4n) is 4.50. The molecule has 0 aliphatic carbocycles. The third-order valence-corrected chi connectivity index (χ3v) is 5.91. The van der Waals surface area contributed by atoms with Gasteiger partial charge in [-0.2, -0.15) is 0 Å². The Balaban J connectivity index is 1.55. The van der Waals surface area contributed by atoms with Crippen molar-refractivity contribution in [3.63, 3.8) is 0 Å². The number of piperidine rings is 2. The molecule has 3 atom stereocenters. The van der Waals surface area contributed by atoms with Crippen molar-refractivity contribution < 1.29 is 14.4 Å². The Labute approximate surface area is 154 Å². The summed E-state index contributed by atoms with van der Waals surface area (Å²) in [6.45, 7) is 4.37. The van der Waals surface area contributed by atoms with Crippen LogP contribution in [-0.2, 0) is 16.1 Å². The molecular formula is C19H22BN3O3. The van der Waals surface area contributed by atoms with Crippen molar-refractivity contribution in [3.05, 3.63) is 34.9 Å². The number of amides is 3. The highest BCUT2D eigenvalue weighted by molar-refractivity contribution is 6.05. The average Bonchev–Trinajstić information content (AvgIpc) is 2.91. The van der Waals surface area contributed by atoms with E-state index >= 15 is 0 Å². The van der Waals surface area contributed by atoms with Gasteiger partial charge >= 0.3 is 0 Å². The first kappa shape index (κ1) is 17.3. The lowest BCUT2D eigenvalue weighted by Crippen LogP contribution is -2.52. The molecule has 0 aromatic heterocycles. The molecule has 3 heterocycles. The van der Waals surface area contributed by atoms with Crippen molar-refractivity contribution in [1.82, 2.24) is 15.0 Å². The van der Waals surface area contributed by atoms with E-state index < -0.39 is 6.04 Å². The van der Waals surface area contributed by atoms with Crippen LogP contribution in [0.15, 0.2) is 18.2 Å². The third kappa shape index (κ3) is 2.94. The number of imide groups is 1. The van der Waals surface area contributed by atoms with Gasteiger partial charge in [-0.25, -0.2) is 0 Å². The summed E-state index contributed by atoms with van der Waals surface area (Å²) in [4.78, 5) is 39.7. The molecule has 2 saturated heterocycles. The first-order chi connectivity index (χ1) is 12.4. The number of carbonyl (C=O) groups excluding carboxylic acids is 3. The lowest BCUT2D eigenvalue weighted by Gasteiger charge is -2.35. The van der Waals surface area contributed by atoms with Crippen LogP contribution in [0.3, 0.4) is 0 Å². The van der Waals surface area contributed by atoms with Crippen LogP contribution in [0, 0.1) is 5.92 Å². The summed E-state index contributed by atoms with van der Waals surface area (Å²) in [5.41, 5.74) is 2.88. The monoisotopic (exact) mass is 351 g/mol. The molecule has 6 nitrogen and oxygen atoms in total. The molecule has 3 aliphatic heterocycles. The Bertz CT molecular complexity index is 781. The fraction of sp³-hybridized carbons (Fsp3) is 0.526. The van der Waals surface area contributed by atoms with Gasteiger partial charge in [0, 0.05) is 18.5 Å². The topological polar surface area (TPSA) is 69.7 Å². The van der Waals surface area contributed by atoms with Crippen molar-refractivity contribution in [2.75, 3.05) is 13.1 Å². The Morgan fingerprint density at radius 1 is 1.19 bits per heavy atom. The first-order valence-electron chi connectivity index (χ1n) is 9.21. The molecule has 0 saturated carbocycles. The van der Waals surface area contributed by atoms with E-state index in [0.717, 1.165) is 25.1 Å². The molecule has 1 N–H and O–H groups in total. The van der Waals surface area contributed by atoms with Gasteiger partial charge in [-0.15, -0.1) is 0 Å². The van der Waals surface area contributed by atoms with Crippen LogP contribution in [0.25, 0.3) is 0 Å². The summed E-state index contributed by atoms with van der Waals surface area (Å²) in [6, 6.07) is 5.49. The van der Waals surface area contributed by atoms with Crippen molar-refractivity contribution in [2.45, 2.75) is 44.7 Å². The minimum atomic E-state index is -0.560. The van der Waals surface area contributed by atoms with Crippen LogP contribution in [0.5, 0.6) is 0 Å². The van der Waals surface area contributed by atoms with Crippen LogP contribution < -0.4 is 5.32 Å². The molecule has 3 unspecified atom stereocenters. The Morgan fingerprint density at radius 3 is 2.73 bits per heavy atom. The molecule has 3 aliphatic rings. The van der Waals surface area contributed by atoms with Gasteiger partial charge in [0.1, 0.15) is 6.04 Å². The number of nitrogens with zero attached hydrogens (tertiary/aromatic N) is 2. The molecule has 134 valence electrons. The van der Waals surface area contributed by atoms with Crippen LogP contribution in [0.4, 0.5) is 0 Å². The Morgan fingerprint density at radius 2 is 2.00 bits per heavy atom. The van der Waals surface area contributed by atoms with Gasteiger partial charge in [0.15, 0.2) is 7.98 Å². The second kappa shape index (κ2) is 6.54. The minimum Gasteiger partial charge on any atom is -0.353 e. The molecule has 4 rings (SSSR count). The first-order valence-corrected chi connectivity index (χ1v) is 9.21. The highest BCUT2D eigenvalue weighted by atomic mass is 16.2. The molecule has 26 heavy (non-hydrogen) atoms. The SMILES string of the molecule is [B]N1CCC(c2ccc3c(c2)CN(C2CCC(=O)NC2=O)C3=O)C(C)C1. The van der Waals surface area contributed by atoms with E-state index in [4.69, 9.17) is 7.98 Å². The molecule has 7 heteroatoms. The van der Waals surface area contributed by atoms with Gasteiger partial charge in [-0.3, -0.25) is 19.7 Å². The van der Waals surface area contributed by atoms with E-state index in [1.165, 1.54) is 5.56 Å². The van der Waals surface area contributed by atoms with E-state index in [-0.39, 0.29) is 24.1 Å². The second-order valence-corrected chi connectivity index (χ2v) is 7.68. The highest BCUT2D eigenvalue weighted by Gasteiger charge is 2.39. The average molecular weight is 351 g/mol. The van der Waals surface area contributed by atoms with Crippen LogP contribution >= 0.6 is 0 Å². The number of benzene rings is 1. The van der Waals surface area contributed by atoms with Crippen LogP contribution in [-0.4, -0.2) is 54.5 Å². The number of carbonyl (C=O) groups is 3.